The van der Waals surface area contributed by atoms with Crippen molar-refractivity contribution < 1.29 is 61.0 Å². The van der Waals surface area contributed by atoms with Crippen LogP contribution in [0.2, 0.25) is 0 Å². The van der Waals surface area contributed by atoms with E-state index in [1.54, 1.807) is 6.07 Å². The molecule has 18 heavy (non-hydrogen) atoms. The van der Waals surface area contributed by atoms with Gasteiger partial charge in [0, 0.05) is 18.5 Å². The summed E-state index contributed by atoms with van der Waals surface area (Å²) in [5.74, 6) is -0.754. The molecule has 0 saturated carbocycles. The summed E-state index contributed by atoms with van der Waals surface area (Å²) < 4.78 is 0. The topological polar surface area (TPSA) is 70.0 Å². The van der Waals surface area contributed by atoms with E-state index in [4.69, 9.17) is 5.73 Å². The maximum atomic E-state index is 11.2. The van der Waals surface area contributed by atoms with Gasteiger partial charge in [-0.2, -0.15) is 0 Å². The first kappa shape index (κ1) is 15.9. The number of benzene rings is 1. The average molecular weight is 269 g/mol. The van der Waals surface area contributed by atoms with E-state index in [-0.39, 0.29) is 57.3 Å². The van der Waals surface area contributed by atoms with Crippen molar-refractivity contribution in [2.75, 3.05) is 5.32 Å². The van der Waals surface area contributed by atoms with Crippen LogP contribution >= 0.6 is 0 Å². The zero-order valence-electron chi connectivity index (χ0n) is 10.7. The van der Waals surface area contributed by atoms with Crippen molar-refractivity contribution in [2.45, 2.75) is 19.8 Å². The molecule has 0 aliphatic heterocycles. The van der Waals surface area contributed by atoms with Crippen molar-refractivity contribution in [3.63, 3.8) is 0 Å². The van der Waals surface area contributed by atoms with Gasteiger partial charge in [-0.3, -0.25) is 4.79 Å². The minimum atomic E-state index is -0.850. The van der Waals surface area contributed by atoms with E-state index < -0.39 is 11.3 Å². The maximum Gasteiger partial charge on any atom is 1.00 e. The fourth-order valence-corrected chi connectivity index (χ4v) is 2.20. The number of carbonyl (C=O) groups excluding carboxylic acids is 2. The quantitative estimate of drug-likeness (QED) is 0.561. The van der Waals surface area contributed by atoms with Gasteiger partial charge in [-0.15, -0.1) is 5.41 Å². The molecule has 0 aromatic heterocycles. The molecular formula is C13H14KN2O2-. The summed E-state index contributed by atoms with van der Waals surface area (Å²) in [4.78, 5) is 22.2. The first-order chi connectivity index (χ1) is 7.90. The molecule has 0 radical (unpaired) electrons. The van der Waals surface area contributed by atoms with Crippen LogP contribution in [0.5, 0.6) is 0 Å². The molecule has 0 bridgehead atoms. The molecule has 0 saturated heterocycles. The van der Waals surface area contributed by atoms with Gasteiger partial charge in [-0.1, -0.05) is 6.07 Å². The monoisotopic (exact) mass is 269 g/mol. The molecule has 1 unspecified atom stereocenters. The second-order valence-electron chi connectivity index (χ2n) is 4.63. The number of nitrogens with one attached hydrogen (secondary N) is 2. The molecule has 0 heterocycles. The zero-order valence-corrected chi connectivity index (χ0v) is 13.8. The van der Waals surface area contributed by atoms with Crippen LogP contribution in [0.4, 0.5) is 5.69 Å². The Morgan fingerprint density at radius 3 is 2.50 bits per heavy atom. The van der Waals surface area contributed by atoms with Crippen LogP contribution in [-0.2, 0) is 22.4 Å². The van der Waals surface area contributed by atoms with Crippen molar-refractivity contribution in [3.05, 3.63) is 42.0 Å². The van der Waals surface area contributed by atoms with Crippen LogP contribution in [0.15, 0.2) is 18.2 Å². The number of hydrogen-bond donors (Lipinski definition) is 1. The van der Waals surface area contributed by atoms with Gasteiger partial charge in [0.05, 0.1) is 0 Å². The zero-order chi connectivity index (χ0) is 12.6. The van der Waals surface area contributed by atoms with Gasteiger partial charge in [0.2, 0.25) is 5.91 Å². The van der Waals surface area contributed by atoms with Crippen LogP contribution in [-0.4, -0.2) is 11.8 Å². The first-order valence-electron chi connectivity index (χ1n) is 5.41. The summed E-state index contributed by atoms with van der Waals surface area (Å²) in [6.07, 6.45) is 0.975. The standard InChI is InChI=1S/C13H15N2O2.K/c1-8(16)15-11-4-3-9-6-13(2,12(14)17)7-10(9)5-11;/h3-5H,2,6-7H2,1H3,(H3,14,15,16,17);/q-1;+1/p-1. The van der Waals surface area contributed by atoms with Crippen molar-refractivity contribution in [1.29, 1.82) is 0 Å². The third kappa shape index (κ3) is 3.22. The van der Waals surface area contributed by atoms with Gasteiger partial charge in [-0.25, -0.2) is 0 Å². The Morgan fingerprint density at radius 1 is 1.33 bits per heavy atom. The first-order valence-corrected chi connectivity index (χ1v) is 5.41. The van der Waals surface area contributed by atoms with Gasteiger partial charge in [0.15, 0.2) is 0 Å². The van der Waals surface area contributed by atoms with Crippen molar-refractivity contribution in [1.82, 2.24) is 0 Å². The number of rotatable bonds is 2. The molecule has 2 amide bonds. The second-order valence-corrected chi connectivity index (χ2v) is 4.63. The Hall–Kier alpha value is -0.204. The Kier molecular flexibility index (Phi) is 5.14. The van der Waals surface area contributed by atoms with Gasteiger partial charge in [-0.05, 0) is 36.1 Å². The third-order valence-corrected chi connectivity index (χ3v) is 3.07. The normalized spacial score (nSPS) is 20.8. The van der Waals surface area contributed by atoms with Crippen molar-refractivity contribution >= 4 is 17.5 Å². The second kappa shape index (κ2) is 5.84. The molecule has 1 aromatic carbocycles. The van der Waals surface area contributed by atoms with Crippen LogP contribution < -0.4 is 56.7 Å². The Balaban J connectivity index is 0.00000162. The molecule has 90 valence electrons. The summed E-state index contributed by atoms with van der Waals surface area (Å²) >= 11 is 0. The Labute approximate surface area is 149 Å². The number of anilines is 1. The van der Waals surface area contributed by atoms with Crippen LogP contribution in [0.25, 0.3) is 5.73 Å². The smallest absolute Gasteiger partial charge is 0.670 e. The number of fused-ring (bicyclic) bond motifs is 1. The molecule has 1 aliphatic carbocycles. The third-order valence-electron chi connectivity index (χ3n) is 3.07. The van der Waals surface area contributed by atoms with Crippen LogP contribution in [0.1, 0.15) is 18.1 Å². The predicted octanol–water partition coefficient (Wildman–Crippen LogP) is -0.853. The Bertz CT molecular complexity index is 502. The summed E-state index contributed by atoms with van der Waals surface area (Å²) in [6.45, 7) is 5.30. The van der Waals surface area contributed by atoms with E-state index in [2.05, 4.69) is 12.2 Å². The van der Waals surface area contributed by atoms with Crippen LogP contribution in [0.3, 0.4) is 0 Å². The Morgan fingerprint density at radius 2 is 1.94 bits per heavy atom. The fourth-order valence-electron chi connectivity index (χ4n) is 2.20. The number of hydrogen-bond acceptors (Lipinski definition) is 2. The summed E-state index contributed by atoms with van der Waals surface area (Å²) in [7, 11) is 0. The minimum Gasteiger partial charge on any atom is -0.670 e. The van der Waals surface area contributed by atoms with E-state index in [1.165, 1.54) is 6.92 Å². The van der Waals surface area contributed by atoms with Gasteiger partial charge in [0.1, 0.15) is 0 Å². The maximum absolute atomic E-state index is 11.2. The molecule has 1 atom stereocenters. The summed E-state index contributed by atoms with van der Waals surface area (Å²) in [6, 6.07) is 5.55. The molecule has 0 fully saturated rings. The van der Waals surface area contributed by atoms with Gasteiger partial charge in [0.25, 0.3) is 0 Å². The SMILES string of the molecule is [CH2-]C1(C([NH-])=O)Cc2ccc(NC(C)=O)cc2C1.[K+]. The predicted molar refractivity (Wildman–Crippen MR) is 65.3 cm³/mol. The van der Waals surface area contributed by atoms with Crippen molar-refractivity contribution in [2.24, 2.45) is 5.41 Å². The van der Waals surface area contributed by atoms with Crippen LogP contribution in [0, 0.1) is 12.3 Å². The number of amides is 2. The van der Waals surface area contributed by atoms with E-state index in [1.807, 2.05) is 12.1 Å². The van der Waals surface area contributed by atoms with E-state index in [0.717, 1.165) is 16.8 Å². The van der Waals surface area contributed by atoms with Crippen molar-refractivity contribution in [3.8, 4) is 0 Å². The average Bonchev–Trinajstić information content (AvgIpc) is 2.54. The molecule has 4 nitrogen and oxygen atoms in total. The minimum absolute atomic E-state index is 0. The summed E-state index contributed by atoms with van der Waals surface area (Å²) in [5.41, 5.74) is 9.14. The molecule has 1 aromatic rings. The van der Waals surface area contributed by atoms with E-state index >= 15 is 0 Å². The van der Waals surface area contributed by atoms with Gasteiger partial charge >= 0.3 is 51.4 Å². The molecule has 2 N–H and O–H groups in total. The molecular weight excluding hydrogens is 255 g/mol. The fraction of sp³-hybridized carbons (Fsp3) is 0.308. The molecule has 5 heteroatoms. The molecule has 0 spiro atoms. The number of carbonyl (C=O) groups is 2. The van der Waals surface area contributed by atoms with E-state index in [9.17, 15) is 9.59 Å². The molecule has 2 rings (SSSR count). The van der Waals surface area contributed by atoms with E-state index in [0.29, 0.717) is 12.8 Å². The summed E-state index contributed by atoms with van der Waals surface area (Å²) in [5, 5.41) is 2.70. The van der Waals surface area contributed by atoms with Gasteiger partial charge < -0.3 is 22.8 Å². The molecule has 1 aliphatic rings. The largest absolute Gasteiger partial charge is 1.00 e.